The van der Waals surface area contributed by atoms with Crippen molar-refractivity contribution in [2.75, 3.05) is 4.72 Å². The smallest absolute Gasteiger partial charge is 0.264 e. The first kappa shape index (κ1) is 17.4. The molecule has 0 heterocycles. The molecule has 0 aliphatic heterocycles. The molecule has 0 unspecified atom stereocenters. The molecule has 0 radical (unpaired) electrons. The van der Waals surface area contributed by atoms with Crippen molar-refractivity contribution in [1.29, 1.82) is 0 Å². The number of hydrogen-bond acceptors (Lipinski definition) is 2. The van der Waals surface area contributed by atoms with Crippen molar-refractivity contribution in [3.05, 3.63) is 54.0 Å². The van der Waals surface area contributed by atoms with Crippen LogP contribution in [0.15, 0.2) is 53.1 Å². The molecule has 112 valence electrons. The van der Waals surface area contributed by atoms with E-state index in [2.05, 4.69) is 68.4 Å². The monoisotopic (exact) mass is 563 g/mol. The van der Waals surface area contributed by atoms with Gasteiger partial charge in [0.15, 0.2) is 0 Å². The SMILES string of the molecule is O=S(=O)(Nc1c(Br)cc(Br)cc1Br)c1ccc(Br)cc1F. The molecular formula is C12H6Br4FNO2S. The third-order valence-corrected chi connectivity index (χ3v) is 6.01. The van der Waals surface area contributed by atoms with E-state index in [1.807, 2.05) is 0 Å². The molecule has 0 aliphatic rings. The van der Waals surface area contributed by atoms with Crippen molar-refractivity contribution >= 4 is 79.4 Å². The van der Waals surface area contributed by atoms with E-state index in [1.165, 1.54) is 12.1 Å². The first-order valence-electron chi connectivity index (χ1n) is 5.33. The Kier molecular flexibility index (Phi) is 5.51. The maximum Gasteiger partial charge on any atom is 0.264 e. The van der Waals surface area contributed by atoms with Crippen LogP contribution < -0.4 is 4.72 Å². The summed E-state index contributed by atoms with van der Waals surface area (Å²) in [5.41, 5.74) is 0.292. The minimum absolute atomic E-state index is 0.292. The van der Waals surface area contributed by atoms with E-state index < -0.39 is 20.7 Å². The second kappa shape index (κ2) is 6.66. The van der Waals surface area contributed by atoms with Crippen molar-refractivity contribution < 1.29 is 12.8 Å². The summed E-state index contributed by atoms with van der Waals surface area (Å²) in [7, 11) is -4.04. The van der Waals surface area contributed by atoms with Gasteiger partial charge in [-0.15, -0.1) is 0 Å². The van der Waals surface area contributed by atoms with Crippen molar-refractivity contribution in [2.24, 2.45) is 0 Å². The average Bonchev–Trinajstić information content (AvgIpc) is 2.33. The molecule has 2 rings (SSSR count). The second-order valence-electron chi connectivity index (χ2n) is 3.92. The Morgan fingerprint density at radius 1 is 0.905 bits per heavy atom. The summed E-state index contributed by atoms with van der Waals surface area (Å²) in [5.74, 6) is -0.832. The third-order valence-electron chi connectivity index (χ3n) is 2.43. The summed E-state index contributed by atoms with van der Waals surface area (Å²) in [6.45, 7) is 0. The lowest BCUT2D eigenvalue weighted by Crippen LogP contribution is -2.15. The molecule has 1 N–H and O–H groups in total. The van der Waals surface area contributed by atoms with Crippen LogP contribution in [0.1, 0.15) is 0 Å². The van der Waals surface area contributed by atoms with E-state index in [0.717, 1.165) is 10.5 Å². The number of halogens is 5. The van der Waals surface area contributed by atoms with E-state index in [4.69, 9.17) is 0 Å². The van der Waals surface area contributed by atoms with Gasteiger partial charge in [-0.25, -0.2) is 12.8 Å². The van der Waals surface area contributed by atoms with Crippen LogP contribution in [0.2, 0.25) is 0 Å². The van der Waals surface area contributed by atoms with Crippen LogP contribution in [0, 0.1) is 5.82 Å². The van der Waals surface area contributed by atoms with Crippen molar-refractivity contribution in [2.45, 2.75) is 4.90 Å². The summed E-state index contributed by atoms with van der Waals surface area (Å²) >= 11 is 12.9. The van der Waals surface area contributed by atoms with Gasteiger partial charge in [0.1, 0.15) is 10.7 Å². The highest BCUT2D eigenvalue weighted by atomic mass is 79.9. The minimum Gasteiger partial charge on any atom is -0.277 e. The first-order valence-corrected chi connectivity index (χ1v) is 9.98. The summed E-state index contributed by atoms with van der Waals surface area (Å²) in [5, 5.41) is 0. The second-order valence-corrected chi connectivity index (χ2v) is 9.12. The molecule has 0 fully saturated rings. The van der Waals surface area contributed by atoms with Crippen LogP contribution in [0.25, 0.3) is 0 Å². The van der Waals surface area contributed by atoms with Crippen LogP contribution in [0.5, 0.6) is 0 Å². The summed E-state index contributed by atoms with van der Waals surface area (Å²) < 4.78 is 43.1. The molecule has 3 nitrogen and oxygen atoms in total. The molecule has 0 amide bonds. The summed E-state index contributed by atoms with van der Waals surface area (Å²) in [4.78, 5) is -0.424. The summed E-state index contributed by atoms with van der Waals surface area (Å²) in [6.07, 6.45) is 0. The Bertz CT molecular complexity index is 788. The van der Waals surface area contributed by atoms with Crippen molar-refractivity contribution in [1.82, 2.24) is 0 Å². The lowest BCUT2D eigenvalue weighted by molar-refractivity contribution is 0.570. The number of hydrogen-bond donors (Lipinski definition) is 1. The van der Waals surface area contributed by atoms with E-state index >= 15 is 0 Å². The fourth-order valence-corrected chi connectivity index (χ4v) is 5.74. The molecule has 0 saturated carbocycles. The Balaban J connectivity index is 2.47. The van der Waals surface area contributed by atoms with Gasteiger partial charge in [-0.05, 0) is 62.2 Å². The maximum absolute atomic E-state index is 13.8. The molecular weight excluding hydrogens is 561 g/mol. The quantitative estimate of drug-likeness (QED) is 0.520. The Labute approximate surface area is 154 Å². The van der Waals surface area contributed by atoms with E-state index in [9.17, 15) is 12.8 Å². The van der Waals surface area contributed by atoms with Crippen molar-refractivity contribution in [3.63, 3.8) is 0 Å². The molecule has 21 heavy (non-hydrogen) atoms. The van der Waals surface area contributed by atoms with Gasteiger partial charge >= 0.3 is 0 Å². The Morgan fingerprint density at radius 2 is 1.48 bits per heavy atom. The zero-order valence-corrected chi connectivity index (χ0v) is 17.2. The van der Waals surface area contributed by atoms with Gasteiger partial charge in [0, 0.05) is 17.9 Å². The molecule has 2 aromatic carbocycles. The first-order chi connectivity index (χ1) is 9.70. The van der Waals surface area contributed by atoms with E-state index in [1.54, 1.807) is 12.1 Å². The average molecular weight is 567 g/mol. The summed E-state index contributed by atoms with van der Waals surface area (Å²) in [6, 6.07) is 7.12. The van der Waals surface area contributed by atoms with Gasteiger partial charge in [-0.1, -0.05) is 31.9 Å². The Morgan fingerprint density at radius 3 is 2.00 bits per heavy atom. The fraction of sp³-hybridized carbons (Fsp3) is 0. The zero-order chi connectivity index (χ0) is 15.8. The normalized spacial score (nSPS) is 11.5. The highest BCUT2D eigenvalue weighted by Crippen LogP contribution is 2.36. The number of nitrogens with one attached hydrogen (secondary N) is 1. The van der Waals surface area contributed by atoms with Gasteiger partial charge in [0.25, 0.3) is 10.0 Å². The molecule has 0 aliphatic carbocycles. The fourth-order valence-electron chi connectivity index (χ4n) is 1.52. The highest BCUT2D eigenvalue weighted by Gasteiger charge is 2.21. The van der Waals surface area contributed by atoms with Gasteiger partial charge in [0.2, 0.25) is 0 Å². The van der Waals surface area contributed by atoms with Crippen LogP contribution in [-0.2, 0) is 10.0 Å². The minimum atomic E-state index is -4.04. The van der Waals surface area contributed by atoms with Gasteiger partial charge in [-0.2, -0.15) is 0 Å². The van der Waals surface area contributed by atoms with Crippen molar-refractivity contribution in [3.8, 4) is 0 Å². The van der Waals surface area contributed by atoms with Crippen LogP contribution in [0.4, 0.5) is 10.1 Å². The number of rotatable bonds is 3. The molecule has 0 spiro atoms. The van der Waals surface area contributed by atoms with Crippen LogP contribution in [-0.4, -0.2) is 8.42 Å². The topological polar surface area (TPSA) is 46.2 Å². The molecule has 0 atom stereocenters. The largest absolute Gasteiger partial charge is 0.277 e. The van der Waals surface area contributed by atoms with Gasteiger partial charge in [-0.3, -0.25) is 4.72 Å². The molecule has 0 saturated heterocycles. The van der Waals surface area contributed by atoms with Crippen LogP contribution in [0.3, 0.4) is 0 Å². The number of anilines is 1. The third kappa shape index (κ3) is 4.07. The number of sulfonamides is 1. The molecule has 2 aromatic rings. The molecule has 0 aromatic heterocycles. The van der Waals surface area contributed by atoms with E-state index in [0.29, 0.717) is 19.1 Å². The lowest BCUT2D eigenvalue weighted by atomic mass is 10.3. The van der Waals surface area contributed by atoms with Gasteiger partial charge in [0.05, 0.1) is 5.69 Å². The molecule has 9 heteroatoms. The lowest BCUT2D eigenvalue weighted by Gasteiger charge is -2.12. The molecule has 0 bridgehead atoms. The highest BCUT2D eigenvalue weighted by molar-refractivity contribution is 9.11. The van der Waals surface area contributed by atoms with Gasteiger partial charge < -0.3 is 0 Å². The standard InChI is InChI=1S/C12H6Br4FNO2S/c13-6-1-2-11(10(17)5-6)21(19,20)18-12-8(15)3-7(14)4-9(12)16/h1-5,18H. The Hall–Kier alpha value is 0.0400. The number of benzene rings is 2. The van der Waals surface area contributed by atoms with E-state index in [-0.39, 0.29) is 0 Å². The van der Waals surface area contributed by atoms with Crippen LogP contribution >= 0.6 is 63.7 Å². The predicted octanol–water partition coefficient (Wildman–Crippen LogP) is 5.68. The predicted molar refractivity (Wildman–Crippen MR) is 94.5 cm³/mol. The maximum atomic E-state index is 13.8. The zero-order valence-electron chi connectivity index (χ0n) is 10.0.